The van der Waals surface area contributed by atoms with Crippen molar-refractivity contribution in [1.29, 1.82) is 0 Å². The molecular formula is C25H29ClF3NO2. The van der Waals surface area contributed by atoms with Crippen molar-refractivity contribution in [2.75, 3.05) is 0 Å². The first-order valence-electron chi connectivity index (χ1n) is 10.7. The molecule has 32 heavy (non-hydrogen) atoms. The average Bonchev–Trinajstić information content (AvgIpc) is 2.66. The number of halogens is 4. The molecule has 3 atom stereocenters. The molecule has 2 aromatic rings. The fourth-order valence-corrected chi connectivity index (χ4v) is 4.65. The van der Waals surface area contributed by atoms with E-state index in [1.165, 1.54) is 12.1 Å². The van der Waals surface area contributed by atoms with Crippen molar-refractivity contribution in [2.24, 2.45) is 5.92 Å². The van der Waals surface area contributed by atoms with Gasteiger partial charge in [-0.05, 0) is 49.6 Å². The normalized spacial score (nSPS) is 26.2. The van der Waals surface area contributed by atoms with E-state index in [1.807, 2.05) is 39.8 Å². The Labute approximate surface area is 192 Å². The van der Waals surface area contributed by atoms with E-state index < -0.39 is 22.9 Å². The molecule has 174 valence electrons. The van der Waals surface area contributed by atoms with E-state index in [2.05, 4.69) is 5.32 Å². The summed E-state index contributed by atoms with van der Waals surface area (Å²) in [6.07, 6.45) is -3.44. The zero-order valence-electron chi connectivity index (χ0n) is 18.7. The van der Waals surface area contributed by atoms with Gasteiger partial charge in [0.1, 0.15) is 0 Å². The Hall–Kier alpha value is -2.05. The van der Waals surface area contributed by atoms with E-state index in [0.29, 0.717) is 23.4 Å². The minimum atomic E-state index is -4.41. The van der Waals surface area contributed by atoms with Crippen LogP contribution in [0.25, 0.3) is 0 Å². The summed E-state index contributed by atoms with van der Waals surface area (Å²) >= 11 is 6.04. The van der Waals surface area contributed by atoms with Crippen LogP contribution in [0.4, 0.5) is 13.2 Å². The SMILES string of the molecule is CC(C)C(=O)N[C@@]1(C)C[C@@H](c2ccc(Cl)cc2)O[C@@](C)(Cc2cccc(C(F)(F)F)c2)C1. The molecule has 1 heterocycles. The lowest BCUT2D eigenvalue weighted by Gasteiger charge is -2.49. The van der Waals surface area contributed by atoms with Crippen molar-refractivity contribution in [2.45, 2.75) is 70.4 Å². The van der Waals surface area contributed by atoms with Crippen LogP contribution in [0.2, 0.25) is 5.02 Å². The van der Waals surface area contributed by atoms with E-state index >= 15 is 0 Å². The van der Waals surface area contributed by atoms with Gasteiger partial charge in [0.15, 0.2) is 0 Å². The van der Waals surface area contributed by atoms with Crippen LogP contribution in [-0.2, 0) is 22.1 Å². The Morgan fingerprint density at radius 3 is 2.44 bits per heavy atom. The molecule has 2 aromatic carbocycles. The maximum absolute atomic E-state index is 13.2. The van der Waals surface area contributed by atoms with Crippen molar-refractivity contribution in [3.63, 3.8) is 0 Å². The highest BCUT2D eigenvalue weighted by Crippen LogP contribution is 2.44. The summed E-state index contributed by atoms with van der Waals surface area (Å²) in [6, 6.07) is 12.7. The van der Waals surface area contributed by atoms with Gasteiger partial charge < -0.3 is 10.1 Å². The van der Waals surface area contributed by atoms with Crippen molar-refractivity contribution >= 4 is 17.5 Å². The molecule has 1 amide bonds. The zero-order valence-corrected chi connectivity index (χ0v) is 19.5. The van der Waals surface area contributed by atoms with Gasteiger partial charge in [0.25, 0.3) is 0 Å². The lowest BCUT2D eigenvalue weighted by molar-refractivity contribution is -0.153. The van der Waals surface area contributed by atoms with E-state index in [0.717, 1.165) is 11.6 Å². The zero-order chi connectivity index (χ0) is 23.7. The summed E-state index contributed by atoms with van der Waals surface area (Å²) in [6.45, 7) is 7.53. The van der Waals surface area contributed by atoms with Crippen molar-refractivity contribution in [3.05, 3.63) is 70.2 Å². The summed E-state index contributed by atoms with van der Waals surface area (Å²) in [5, 5.41) is 3.76. The van der Waals surface area contributed by atoms with Gasteiger partial charge in [0, 0.05) is 29.3 Å². The second kappa shape index (κ2) is 9.06. The number of ether oxygens (including phenoxy) is 1. The summed E-state index contributed by atoms with van der Waals surface area (Å²) in [4.78, 5) is 12.5. The van der Waals surface area contributed by atoms with Crippen molar-refractivity contribution < 1.29 is 22.7 Å². The molecule has 1 N–H and O–H groups in total. The molecule has 0 spiro atoms. The number of alkyl halides is 3. The molecule has 1 fully saturated rings. The van der Waals surface area contributed by atoms with Crippen LogP contribution in [0, 0.1) is 5.92 Å². The number of carbonyl (C=O) groups is 1. The van der Waals surface area contributed by atoms with Gasteiger partial charge in [-0.2, -0.15) is 13.2 Å². The van der Waals surface area contributed by atoms with Gasteiger partial charge in [0.2, 0.25) is 5.91 Å². The average molecular weight is 468 g/mol. The maximum atomic E-state index is 13.2. The second-order valence-corrected chi connectivity index (χ2v) is 10.0. The lowest BCUT2D eigenvalue weighted by Crippen LogP contribution is -2.57. The third-order valence-corrected chi connectivity index (χ3v) is 6.10. The van der Waals surface area contributed by atoms with Gasteiger partial charge in [-0.1, -0.05) is 55.8 Å². The van der Waals surface area contributed by atoms with Crippen LogP contribution < -0.4 is 5.32 Å². The number of hydrogen-bond acceptors (Lipinski definition) is 2. The molecule has 7 heteroatoms. The van der Waals surface area contributed by atoms with Gasteiger partial charge in [-0.25, -0.2) is 0 Å². The maximum Gasteiger partial charge on any atom is 0.416 e. The fraction of sp³-hybridized carbons (Fsp3) is 0.480. The van der Waals surface area contributed by atoms with Crippen LogP contribution in [0.3, 0.4) is 0 Å². The first kappa shape index (κ1) is 24.6. The Bertz CT molecular complexity index is 960. The molecule has 0 unspecified atom stereocenters. The molecule has 0 saturated carbocycles. The Kier molecular flexibility index (Phi) is 6.97. The predicted octanol–water partition coefficient (Wildman–Crippen LogP) is 6.74. The Morgan fingerprint density at radius 1 is 1.19 bits per heavy atom. The van der Waals surface area contributed by atoms with Gasteiger partial charge in [0.05, 0.1) is 17.3 Å². The number of carbonyl (C=O) groups excluding carboxylic acids is 1. The fourth-order valence-electron chi connectivity index (χ4n) is 4.53. The highest BCUT2D eigenvalue weighted by molar-refractivity contribution is 6.30. The summed E-state index contributed by atoms with van der Waals surface area (Å²) in [5.41, 5.74) is -0.600. The predicted molar refractivity (Wildman–Crippen MR) is 119 cm³/mol. The molecule has 1 aliphatic rings. The van der Waals surface area contributed by atoms with Crippen LogP contribution in [0.5, 0.6) is 0 Å². The van der Waals surface area contributed by atoms with Crippen LogP contribution in [0.15, 0.2) is 48.5 Å². The molecule has 0 aliphatic carbocycles. The molecule has 0 aromatic heterocycles. The van der Waals surface area contributed by atoms with E-state index in [4.69, 9.17) is 16.3 Å². The minimum Gasteiger partial charge on any atom is -0.367 e. The standard InChI is InChI=1S/C25H29ClF3NO2/c1-16(2)22(31)30-23(3)14-21(18-8-10-20(26)11-9-18)32-24(4,15-23)13-17-6-5-7-19(12-17)25(27,28)29/h5-12,16,21H,13-15H2,1-4H3,(H,30,31)/t21-,23-,24-/m0/s1. The molecule has 3 nitrogen and oxygen atoms in total. The third-order valence-electron chi connectivity index (χ3n) is 5.85. The number of rotatable bonds is 5. The molecule has 3 rings (SSSR count). The number of amides is 1. The molecule has 0 radical (unpaired) electrons. The van der Waals surface area contributed by atoms with Gasteiger partial charge in [-0.15, -0.1) is 0 Å². The minimum absolute atomic E-state index is 0.0642. The monoisotopic (exact) mass is 467 g/mol. The molecule has 1 aliphatic heterocycles. The first-order chi connectivity index (χ1) is 14.8. The van der Waals surface area contributed by atoms with Gasteiger partial charge in [-0.3, -0.25) is 4.79 Å². The highest BCUT2D eigenvalue weighted by Gasteiger charge is 2.46. The van der Waals surface area contributed by atoms with Crippen LogP contribution >= 0.6 is 11.6 Å². The molecular weight excluding hydrogens is 439 g/mol. The van der Waals surface area contributed by atoms with E-state index in [9.17, 15) is 18.0 Å². The Morgan fingerprint density at radius 2 is 1.84 bits per heavy atom. The van der Waals surface area contributed by atoms with Crippen LogP contribution in [0.1, 0.15) is 63.3 Å². The number of benzene rings is 2. The lowest BCUT2D eigenvalue weighted by atomic mass is 9.75. The highest BCUT2D eigenvalue weighted by atomic mass is 35.5. The quantitative estimate of drug-likeness (QED) is 0.528. The third kappa shape index (κ3) is 6.04. The van der Waals surface area contributed by atoms with Crippen LogP contribution in [-0.4, -0.2) is 17.0 Å². The second-order valence-electron chi connectivity index (χ2n) is 9.57. The van der Waals surface area contributed by atoms with Gasteiger partial charge >= 0.3 is 6.18 Å². The van der Waals surface area contributed by atoms with Crippen molar-refractivity contribution in [1.82, 2.24) is 5.32 Å². The smallest absolute Gasteiger partial charge is 0.367 e. The molecule has 1 saturated heterocycles. The summed E-state index contributed by atoms with van der Waals surface area (Å²) in [5.74, 6) is -0.246. The Balaban J connectivity index is 1.93. The summed E-state index contributed by atoms with van der Waals surface area (Å²) < 4.78 is 46.1. The molecule has 0 bridgehead atoms. The number of nitrogens with one attached hydrogen (secondary N) is 1. The number of hydrogen-bond donors (Lipinski definition) is 1. The largest absolute Gasteiger partial charge is 0.416 e. The van der Waals surface area contributed by atoms with Crippen molar-refractivity contribution in [3.8, 4) is 0 Å². The van der Waals surface area contributed by atoms with E-state index in [-0.39, 0.29) is 24.3 Å². The topological polar surface area (TPSA) is 38.3 Å². The summed E-state index contributed by atoms with van der Waals surface area (Å²) in [7, 11) is 0. The first-order valence-corrected chi connectivity index (χ1v) is 11.1. The van der Waals surface area contributed by atoms with E-state index in [1.54, 1.807) is 18.2 Å².